The lowest BCUT2D eigenvalue weighted by Crippen LogP contribution is -2.26. The number of anilines is 1. The van der Waals surface area contributed by atoms with E-state index in [1.54, 1.807) is 24.4 Å². The summed E-state index contributed by atoms with van der Waals surface area (Å²) in [6.45, 7) is 0.432. The summed E-state index contributed by atoms with van der Waals surface area (Å²) in [5.41, 5.74) is 3.95. The number of benzene rings is 2. The van der Waals surface area contributed by atoms with Crippen molar-refractivity contribution >= 4 is 17.5 Å². The second kappa shape index (κ2) is 8.05. The number of pyridine rings is 1. The van der Waals surface area contributed by atoms with Gasteiger partial charge in [-0.3, -0.25) is 14.6 Å². The maximum atomic E-state index is 12.8. The number of aryl methyl sites for hydroxylation is 1. The number of carbonyl (C=O) groups is 2. The zero-order chi connectivity index (χ0) is 19.3. The highest BCUT2D eigenvalue weighted by atomic mass is 16.2. The number of hydrogen-bond acceptors (Lipinski definition) is 3. The molecule has 4 rings (SSSR count). The first-order chi connectivity index (χ1) is 13.7. The van der Waals surface area contributed by atoms with Gasteiger partial charge in [-0.05, 0) is 42.2 Å². The number of hydrogen-bond donors (Lipinski definition) is 2. The molecule has 0 saturated heterocycles. The van der Waals surface area contributed by atoms with E-state index >= 15 is 0 Å². The Morgan fingerprint density at radius 3 is 2.61 bits per heavy atom. The van der Waals surface area contributed by atoms with Crippen LogP contribution in [-0.2, 0) is 17.8 Å². The van der Waals surface area contributed by atoms with Crippen molar-refractivity contribution in [2.24, 2.45) is 0 Å². The van der Waals surface area contributed by atoms with E-state index in [0.29, 0.717) is 17.8 Å². The van der Waals surface area contributed by atoms with E-state index in [1.807, 2.05) is 48.5 Å². The highest BCUT2D eigenvalue weighted by Gasteiger charge is 2.30. The van der Waals surface area contributed by atoms with Crippen LogP contribution < -0.4 is 10.6 Å². The molecule has 2 aromatic carbocycles. The Kier molecular flexibility index (Phi) is 5.15. The van der Waals surface area contributed by atoms with Crippen molar-refractivity contribution in [3.8, 4) is 0 Å². The van der Waals surface area contributed by atoms with Gasteiger partial charge in [-0.25, -0.2) is 0 Å². The highest BCUT2D eigenvalue weighted by Crippen LogP contribution is 2.32. The zero-order valence-corrected chi connectivity index (χ0v) is 15.4. The molecule has 28 heavy (non-hydrogen) atoms. The first-order valence-corrected chi connectivity index (χ1v) is 9.38. The smallest absolute Gasteiger partial charge is 0.253 e. The normalized spacial score (nSPS) is 14.9. The average Bonchev–Trinajstić information content (AvgIpc) is 3.17. The van der Waals surface area contributed by atoms with Crippen molar-refractivity contribution in [1.29, 1.82) is 0 Å². The van der Waals surface area contributed by atoms with Crippen molar-refractivity contribution in [3.63, 3.8) is 0 Å². The second-order valence-electron chi connectivity index (χ2n) is 6.84. The molecular formula is C23H21N3O2. The number of rotatable bonds is 5. The van der Waals surface area contributed by atoms with E-state index in [9.17, 15) is 9.59 Å². The van der Waals surface area contributed by atoms with Crippen LogP contribution in [0.25, 0.3) is 0 Å². The molecule has 0 spiro atoms. The molecule has 2 amide bonds. The lowest BCUT2D eigenvalue weighted by Gasteiger charge is -2.14. The summed E-state index contributed by atoms with van der Waals surface area (Å²) in [6, 6.07) is 20.7. The molecule has 0 bridgehead atoms. The van der Waals surface area contributed by atoms with Crippen LogP contribution in [0.4, 0.5) is 5.69 Å². The Bertz CT molecular complexity index is 1000. The van der Waals surface area contributed by atoms with Crippen molar-refractivity contribution in [2.45, 2.75) is 25.3 Å². The molecule has 1 aliphatic carbocycles. The molecule has 5 nitrogen and oxygen atoms in total. The molecular weight excluding hydrogens is 350 g/mol. The fourth-order valence-electron chi connectivity index (χ4n) is 3.55. The predicted molar refractivity (Wildman–Crippen MR) is 108 cm³/mol. The third-order valence-electron chi connectivity index (χ3n) is 5.00. The number of aromatic nitrogens is 1. The summed E-state index contributed by atoms with van der Waals surface area (Å²) in [5.74, 6) is -0.623. The number of nitrogens with one attached hydrogen (secondary N) is 2. The Morgan fingerprint density at radius 2 is 1.75 bits per heavy atom. The number of para-hydroxylation sites is 1. The molecule has 0 fully saturated rings. The van der Waals surface area contributed by atoms with Gasteiger partial charge in [0.25, 0.3) is 5.91 Å². The average molecular weight is 371 g/mol. The molecule has 1 atom stereocenters. The molecule has 0 saturated carbocycles. The summed E-state index contributed by atoms with van der Waals surface area (Å²) >= 11 is 0. The van der Waals surface area contributed by atoms with Crippen LogP contribution >= 0.6 is 0 Å². The first kappa shape index (κ1) is 17.9. The molecule has 1 aliphatic rings. The SMILES string of the molecule is O=C(NCc1ccccc1)c1ccccc1NC(=O)C1CCc2cccnc21. The molecule has 5 heteroatoms. The number of carbonyl (C=O) groups excluding carboxylic acids is 2. The topological polar surface area (TPSA) is 71.1 Å². The van der Waals surface area contributed by atoms with Crippen LogP contribution in [0.1, 0.15) is 39.5 Å². The van der Waals surface area contributed by atoms with Gasteiger partial charge in [0.05, 0.1) is 22.9 Å². The van der Waals surface area contributed by atoms with E-state index < -0.39 is 0 Å². The maximum absolute atomic E-state index is 12.8. The van der Waals surface area contributed by atoms with Crippen LogP contribution in [0.5, 0.6) is 0 Å². The van der Waals surface area contributed by atoms with E-state index in [4.69, 9.17) is 0 Å². The number of fused-ring (bicyclic) bond motifs is 1. The molecule has 1 unspecified atom stereocenters. The zero-order valence-electron chi connectivity index (χ0n) is 15.4. The highest BCUT2D eigenvalue weighted by molar-refractivity contribution is 6.05. The fourth-order valence-corrected chi connectivity index (χ4v) is 3.55. The van der Waals surface area contributed by atoms with Gasteiger partial charge in [-0.15, -0.1) is 0 Å². The van der Waals surface area contributed by atoms with Gasteiger partial charge in [0, 0.05) is 12.7 Å². The van der Waals surface area contributed by atoms with Gasteiger partial charge in [-0.2, -0.15) is 0 Å². The van der Waals surface area contributed by atoms with Crippen LogP contribution in [-0.4, -0.2) is 16.8 Å². The van der Waals surface area contributed by atoms with E-state index in [-0.39, 0.29) is 17.7 Å². The molecule has 140 valence electrons. The molecule has 1 aromatic heterocycles. The monoisotopic (exact) mass is 371 g/mol. The van der Waals surface area contributed by atoms with Crippen molar-refractivity contribution in [3.05, 3.63) is 95.3 Å². The minimum atomic E-state index is -0.281. The molecule has 1 heterocycles. The van der Waals surface area contributed by atoms with Gasteiger partial charge in [0.2, 0.25) is 5.91 Å². The van der Waals surface area contributed by atoms with Crippen LogP contribution in [0.3, 0.4) is 0 Å². The summed E-state index contributed by atoms with van der Waals surface area (Å²) < 4.78 is 0. The Morgan fingerprint density at radius 1 is 0.964 bits per heavy atom. The minimum Gasteiger partial charge on any atom is -0.348 e. The number of nitrogens with zero attached hydrogens (tertiary/aromatic N) is 1. The van der Waals surface area contributed by atoms with Gasteiger partial charge in [0.15, 0.2) is 0 Å². The summed E-state index contributed by atoms with van der Waals surface area (Å²) in [6.07, 6.45) is 3.30. The van der Waals surface area contributed by atoms with Gasteiger partial charge in [0.1, 0.15) is 0 Å². The molecule has 0 radical (unpaired) electrons. The largest absolute Gasteiger partial charge is 0.348 e. The van der Waals surface area contributed by atoms with E-state index in [0.717, 1.165) is 29.7 Å². The standard InChI is InChI=1S/C23H21N3O2/c27-22(25-15-16-7-2-1-3-8-16)18-10-4-5-11-20(18)26-23(28)19-13-12-17-9-6-14-24-21(17)19/h1-11,14,19H,12-13,15H2,(H,25,27)(H,26,28). The van der Waals surface area contributed by atoms with E-state index in [1.165, 1.54) is 0 Å². The summed E-state index contributed by atoms with van der Waals surface area (Å²) in [4.78, 5) is 29.9. The quantitative estimate of drug-likeness (QED) is 0.719. The Labute approximate surface area is 163 Å². The third-order valence-corrected chi connectivity index (χ3v) is 5.00. The fraction of sp³-hybridized carbons (Fsp3) is 0.174. The Hall–Kier alpha value is -3.47. The number of amides is 2. The first-order valence-electron chi connectivity index (χ1n) is 9.38. The van der Waals surface area contributed by atoms with Gasteiger partial charge >= 0.3 is 0 Å². The minimum absolute atomic E-state index is 0.124. The molecule has 3 aromatic rings. The second-order valence-corrected chi connectivity index (χ2v) is 6.84. The summed E-state index contributed by atoms with van der Waals surface area (Å²) in [5, 5.41) is 5.84. The lowest BCUT2D eigenvalue weighted by molar-refractivity contribution is -0.117. The van der Waals surface area contributed by atoms with Gasteiger partial charge in [-0.1, -0.05) is 48.5 Å². The van der Waals surface area contributed by atoms with Crippen molar-refractivity contribution in [1.82, 2.24) is 10.3 Å². The molecule has 2 N–H and O–H groups in total. The van der Waals surface area contributed by atoms with Gasteiger partial charge < -0.3 is 10.6 Å². The summed E-state index contributed by atoms with van der Waals surface area (Å²) in [7, 11) is 0. The van der Waals surface area contributed by atoms with Crippen molar-refractivity contribution in [2.75, 3.05) is 5.32 Å². The van der Waals surface area contributed by atoms with Crippen LogP contribution in [0.2, 0.25) is 0 Å². The van der Waals surface area contributed by atoms with E-state index in [2.05, 4.69) is 15.6 Å². The predicted octanol–water partition coefficient (Wildman–Crippen LogP) is 3.68. The van der Waals surface area contributed by atoms with Crippen molar-refractivity contribution < 1.29 is 9.59 Å². The lowest BCUT2D eigenvalue weighted by atomic mass is 10.0. The van der Waals surface area contributed by atoms with Crippen LogP contribution in [0.15, 0.2) is 72.9 Å². The third kappa shape index (κ3) is 3.78. The molecule has 0 aliphatic heterocycles. The van der Waals surface area contributed by atoms with Crippen LogP contribution in [0, 0.1) is 0 Å². The maximum Gasteiger partial charge on any atom is 0.253 e. The Balaban J connectivity index is 1.47.